The third-order valence-corrected chi connectivity index (χ3v) is 5.36. The van der Waals surface area contributed by atoms with Gasteiger partial charge in [-0.15, -0.1) is 36.2 Å². The van der Waals surface area contributed by atoms with Crippen molar-refractivity contribution in [1.82, 2.24) is 15.2 Å². The van der Waals surface area contributed by atoms with Gasteiger partial charge in [-0.1, -0.05) is 29.8 Å². The molecule has 3 aromatic rings. The minimum absolute atomic E-state index is 0. The number of thiophene rings is 1. The van der Waals surface area contributed by atoms with Gasteiger partial charge in [-0.3, -0.25) is 4.90 Å². The molecule has 8 heteroatoms. The molecule has 0 aliphatic carbocycles. The van der Waals surface area contributed by atoms with Gasteiger partial charge in [0, 0.05) is 30.7 Å². The minimum Gasteiger partial charge on any atom is -0.438 e. The predicted molar refractivity (Wildman–Crippen MR) is 112 cm³/mol. The van der Waals surface area contributed by atoms with E-state index >= 15 is 0 Å². The molecule has 26 heavy (non-hydrogen) atoms. The lowest BCUT2D eigenvalue weighted by Gasteiger charge is -2.35. The van der Waals surface area contributed by atoms with Crippen molar-refractivity contribution in [1.29, 1.82) is 0 Å². The van der Waals surface area contributed by atoms with E-state index in [1.165, 1.54) is 5.56 Å². The maximum Gasteiger partial charge on any atom is 0.209 e. The second-order valence-electron chi connectivity index (χ2n) is 5.84. The minimum atomic E-state index is 0. The zero-order valence-electron chi connectivity index (χ0n) is 13.9. The van der Waals surface area contributed by atoms with Crippen molar-refractivity contribution in [2.75, 3.05) is 19.6 Å². The molecule has 1 aliphatic heterocycles. The van der Waals surface area contributed by atoms with Gasteiger partial charge in [-0.2, -0.15) is 0 Å². The van der Waals surface area contributed by atoms with Crippen LogP contribution >= 0.6 is 47.8 Å². The number of nitrogens with zero attached hydrogens (tertiary/aromatic N) is 2. The Kier molecular flexibility index (Phi) is 7.95. The Morgan fingerprint density at radius 2 is 2.15 bits per heavy atom. The van der Waals surface area contributed by atoms with Gasteiger partial charge in [0.05, 0.1) is 17.6 Å². The highest BCUT2D eigenvalue weighted by molar-refractivity contribution is 7.13. The van der Waals surface area contributed by atoms with Gasteiger partial charge in [0.25, 0.3) is 0 Å². The lowest BCUT2D eigenvalue weighted by atomic mass is 10.0. The van der Waals surface area contributed by atoms with Crippen LogP contribution in [0, 0.1) is 0 Å². The van der Waals surface area contributed by atoms with Gasteiger partial charge < -0.3 is 9.73 Å². The molecule has 0 radical (unpaired) electrons. The molecule has 0 bridgehead atoms. The summed E-state index contributed by atoms with van der Waals surface area (Å²) in [7, 11) is 0. The number of hydrogen-bond donors (Lipinski definition) is 1. The smallest absolute Gasteiger partial charge is 0.209 e. The molecule has 1 aliphatic rings. The average molecular weight is 433 g/mol. The summed E-state index contributed by atoms with van der Waals surface area (Å²) in [6, 6.07) is 12.4. The van der Waals surface area contributed by atoms with Crippen LogP contribution in [0.4, 0.5) is 0 Å². The van der Waals surface area contributed by atoms with Gasteiger partial charge in [-0.25, -0.2) is 4.98 Å². The fraction of sp³-hybridized carbons (Fsp3) is 0.278. The van der Waals surface area contributed by atoms with Crippen LogP contribution in [0.5, 0.6) is 0 Å². The van der Waals surface area contributed by atoms with Crippen molar-refractivity contribution >= 4 is 47.8 Å². The van der Waals surface area contributed by atoms with E-state index in [0.717, 1.165) is 41.2 Å². The molecule has 4 rings (SSSR count). The number of nitrogens with one attached hydrogen (secondary N) is 1. The summed E-state index contributed by atoms with van der Waals surface area (Å²) >= 11 is 7.83. The normalized spacial score (nSPS) is 17.3. The second-order valence-corrected chi connectivity index (χ2v) is 7.23. The number of halogens is 3. The van der Waals surface area contributed by atoms with Crippen LogP contribution in [0.3, 0.4) is 0 Å². The number of aromatic nitrogens is 1. The third kappa shape index (κ3) is 4.80. The summed E-state index contributed by atoms with van der Waals surface area (Å²) in [4.78, 5) is 7.97. The highest BCUT2D eigenvalue weighted by Gasteiger charge is 2.25. The summed E-state index contributed by atoms with van der Waals surface area (Å²) < 4.78 is 5.95. The van der Waals surface area contributed by atoms with Crippen LogP contribution in [-0.4, -0.2) is 29.5 Å². The van der Waals surface area contributed by atoms with Crippen molar-refractivity contribution in [2.24, 2.45) is 0 Å². The lowest BCUT2D eigenvalue weighted by molar-refractivity contribution is 0.140. The van der Waals surface area contributed by atoms with E-state index in [0.29, 0.717) is 6.54 Å². The standard InChI is InChI=1S/C18H18ClN3OS.2ClH/c19-14-4-1-3-13(9-14)15-10-20-6-7-22(15)12-18-21-11-16(23-18)17-5-2-8-24-17;;/h1-5,8-9,11,15,20H,6-7,10,12H2;2*1H. The van der Waals surface area contributed by atoms with Crippen molar-refractivity contribution < 1.29 is 4.42 Å². The van der Waals surface area contributed by atoms with E-state index in [1.54, 1.807) is 11.3 Å². The summed E-state index contributed by atoms with van der Waals surface area (Å²) in [5.74, 6) is 1.60. The van der Waals surface area contributed by atoms with E-state index in [4.69, 9.17) is 16.0 Å². The number of piperazine rings is 1. The first-order chi connectivity index (χ1) is 11.8. The molecule has 2 aromatic heterocycles. The number of benzene rings is 1. The molecule has 1 fully saturated rings. The Morgan fingerprint density at radius 1 is 1.27 bits per heavy atom. The Labute approximate surface area is 174 Å². The Balaban J connectivity index is 0.00000121. The van der Waals surface area contributed by atoms with Crippen LogP contribution in [0.2, 0.25) is 5.02 Å². The molecule has 1 saturated heterocycles. The first-order valence-corrected chi connectivity index (χ1v) is 9.24. The van der Waals surface area contributed by atoms with Gasteiger partial charge in [0.2, 0.25) is 5.89 Å². The molecule has 1 unspecified atom stereocenters. The molecule has 4 nitrogen and oxygen atoms in total. The van der Waals surface area contributed by atoms with Crippen molar-refractivity contribution in [3.05, 3.63) is 64.5 Å². The molecule has 140 valence electrons. The molecule has 3 heterocycles. The van der Waals surface area contributed by atoms with Crippen molar-refractivity contribution in [2.45, 2.75) is 12.6 Å². The number of rotatable bonds is 4. The Morgan fingerprint density at radius 3 is 2.92 bits per heavy atom. The molecule has 0 saturated carbocycles. The van der Waals surface area contributed by atoms with Crippen LogP contribution in [-0.2, 0) is 6.54 Å². The van der Waals surface area contributed by atoms with Gasteiger partial charge in [0.15, 0.2) is 5.76 Å². The van der Waals surface area contributed by atoms with E-state index in [-0.39, 0.29) is 30.9 Å². The van der Waals surface area contributed by atoms with Gasteiger partial charge >= 0.3 is 0 Å². The van der Waals surface area contributed by atoms with E-state index in [2.05, 4.69) is 27.3 Å². The summed E-state index contributed by atoms with van der Waals surface area (Å²) in [5.41, 5.74) is 1.22. The fourth-order valence-electron chi connectivity index (χ4n) is 3.07. The van der Waals surface area contributed by atoms with Gasteiger partial charge in [-0.05, 0) is 29.1 Å². The lowest BCUT2D eigenvalue weighted by Crippen LogP contribution is -2.45. The zero-order chi connectivity index (χ0) is 16.4. The molecule has 1 atom stereocenters. The molecular weight excluding hydrogens is 413 g/mol. The third-order valence-electron chi connectivity index (χ3n) is 4.24. The molecule has 0 spiro atoms. The van der Waals surface area contributed by atoms with Crippen LogP contribution in [0.25, 0.3) is 10.6 Å². The molecule has 0 amide bonds. The maximum absolute atomic E-state index is 6.16. The highest BCUT2D eigenvalue weighted by Crippen LogP contribution is 2.28. The first kappa shape index (κ1) is 21.2. The largest absolute Gasteiger partial charge is 0.438 e. The van der Waals surface area contributed by atoms with Crippen LogP contribution in [0.1, 0.15) is 17.5 Å². The molecule has 1 aromatic carbocycles. The summed E-state index contributed by atoms with van der Waals surface area (Å²) in [5, 5.41) is 6.28. The number of hydrogen-bond acceptors (Lipinski definition) is 5. The van der Waals surface area contributed by atoms with Crippen molar-refractivity contribution in [3.8, 4) is 10.6 Å². The first-order valence-electron chi connectivity index (χ1n) is 7.98. The monoisotopic (exact) mass is 431 g/mol. The second kappa shape index (κ2) is 9.74. The zero-order valence-corrected chi connectivity index (χ0v) is 17.1. The maximum atomic E-state index is 6.16. The molecular formula is C18H20Cl3N3OS. The molecule has 1 N–H and O–H groups in total. The quantitative estimate of drug-likeness (QED) is 0.626. The van der Waals surface area contributed by atoms with E-state index < -0.39 is 0 Å². The highest BCUT2D eigenvalue weighted by atomic mass is 35.5. The average Bonchev–Trinajstić information content (AvgIpc) is 3.26. The van der Waals surface area contributed by atoms with Crippen LogP contribution < -0.4 is 5.32 Å². The number of oxazole rings is 1. The Hall–Kier alpha value is -1.08. The van der Waals surface area contributed by atoms with Crippen molar-refractivity contribution in [3.63, 3.8) is 0 Å². The SMILES string of the molecule is Cl.Cl.Clc1cccc(C2CNCCN2Cc2ncc(-c3cccs3)o2)c1. The Bertz CT molecular complexity index is 810. The van der Waals surface area contributed by atoms with Gasteiger partial charge in [0.1, 0.15) is 0 Å². The summed E-state index contributed by atoms with van der Waals surface area (Å²) in [6.45, 7) is 3.52. The predicted octanol–water partition coefficient (Wildman–Crippen LogP) is 5.05. The van der Waals surface area contributed by atoms with E-state index in [9.17, 15) is 0 Å². The van der Waals surface area contributed by atoms with E-state index in [1.807, 2.05) is 35.8 Å². The topological polar surface area (TPSA) is 41.3 Å². The summed E-state index contributed by atoms with van der Waals surface area (Å²) in [6.07, 6.45) is 1.82. The fourth-order valence-corrected chi connectivity index (χ4v) is 3.94. The van der Waals surface area contributed by atoms with Crippen LogP contribution in [0.15, 0.2) is 52.4 Å².